The fourth-order valence-electron chi connectivity index (χ4n) is 3.88. The molecule has 3 rings (SSSR count). The minimum atomic E-state index is 0.0472. The molecule has 0 unspecified atom stereocenters. The van der Waals surface area contributed by atoms with Crippen molar-refractivity contribution in [3.8, 4) is 0 Å². The molecule has 2 fully saturated rings. The Morgan fingerprint density at radius 3 is 2.64 bits per heavy atom. The summed E-state index contributed by atoms with van der Waals surface area (Å²) in [6, 6.07) is 7.48. The van der Waals surface area contributed by atoms with Gasteiger partial charge in [-0.05, 0) is 49.3 Å². The Kier molecular flexibility index (Phi) is 7.31. The lowest BCUT2D eigenvalue weighted by molar-refractivity contribution is -0.139. The van der Waals surface area contributed by atoms with Crippen LogP contribution in [0.5, 0.6) is 0 Å². The van der Waals surface area contributed by atoms with Crippen LogP contribution in [0.2, 0.25) is 5.02 Å². The third kappa shape index (κ3) is 5.96. The highest BCUT2D eigenvalue weighted by Crippen LogP contribution is 2.22. The van der Waals surface area contributed by atoms with Crippen molar-refractivity contribution in [1.82, 2.24) is 15.1 Å². The molecule has 0 radical (unpaired) electrons. The number of likely N-dealkylation sites (tertiary alicyclic amines) is 2. The summed E-state index contributed by atoms with van der Waals surface area (Å²) in [5.74, 6) is 0.653. The van der Waals surface area contributed by atoms with Crippen LogP contribution in [0, 0.1) is 5.92 Å². The molecule has 2 aliphatic rings. The second-order valence-corrected chi connectivity index (χ2v) is 8.12. The van der Waals surface area contributed by atoms with Crippen LogP contribution in [0.25, 0.3) is 0 Å². The molecule has 0 aromatic heterocycles. The Balaban J connectivity index is 1.32. The number of benzene rings is 1. The van der Waals surface area contributed by atoms with Crippen molar-refractivity contribution in [1.29, 1.82) is 0 Å². The summed E-state index contributed by atoms with van der Waals surface area (Å²) in [4.78, 5) is 39.7. The molecule has 2 saturated heterocycles. The molecule has 2 heterocycles. The van der Waals surface area contributed by atoms with Crippen LogP contribution in [-0.4, -0.2) is 53.7 Å². The van der Waals surface area contributed by atoms with E-state index in [0.717, 1.165) is 44.3 Å². The van der Waals surface area contributed by atoms with Crippen LogP contribution < -0.4 is 5.32 Å². The number of amides is 3. The first-order valence-corrected chi connectivity index (χ1v) is 10.5. The first-order chi connectivity index (χ1) is 13.5. The van der Waals surface area contributed by atoms with E-state index in [9.17, 15) is 14.4 Å². The molecule has 0 spiro atoms. The third-order valence-corrected chi connectivity index (χ3v) is 5.86. The molecular formula is C21H28ClN3O3. The van der Waals surface area contributed by atoms with Crippen LogP contribution in [0.3, 0.4) is 0 Å². The van der Waals surface area contributed by atoms with Crippen LogP contribution in [0.15, 0.2) is 24.3 Å². The number of hydrogen-bond donors (Lipinski definition) is 1. The largest absolute Gasteiger partial charge is 0.352 e. The molecule has 152 valence electrons. The Labute approximate surface area is 171 Å². The summed E-state index contributed by atoms with van der Waals surface area (Å²) < 4.78 is 0. The lowest BCUT2D eigenvalue weighted by Crippen LogP contribution is -2.44. The smallest absolute Gasteiger partial charge is 0.242 e. The summed E-state index contributed by atoms with van der Waals surface area (Å²) in [5, 5.41) is 3.61. The monoisotopic (exact) mass is 405 g/mol. The van der Waals surface area contributed by atoms with Gasteiger partial charge >= 0.3 is 0 Å². The number of halogens is 1. The molecule has 2 aliphatic heterocycles. The van der Waals surface area contributed by atoms with Crippen LogP contribution >= 0.6 is 11.6 Å². The van der Waals surface area contributed by atoms with E-state index in [-0.39, 0.29) is 24.3 Å². The van der Waals surface area contributed by atoms with Gasteiger partial charge in [0, 0.05) is 44.0 Å². The van der Waals surface area contributed by atoms with Crippen molar-refractivity contribution in [2.24, 2.45) is 5.92 Å². The first-order valence-electron chi connectivity index (χ1n) is 10.1. The zero-order valence-electron chi connectivity index (χ0n) is 16.2. The van der Waals surface area contributed by atoms with Gasteiger partial charge in [-0.25, -0.2) is 0 Å². The van der Waals surface area contributed by atoms with Crippen molar-refractivity contribution in [2.45, 2.75) is 45.1 Å². The van der Waals surface area contributed by atoms with Gasteiger partial charge in [0.05, 0.1) is 6.54 Å². The summed E-state index contributed by atoms with van der Waals surface area (Å²) >= 11 is 5.95. The number of piperidine rings is 1. The van der Waals surface area contributed by atoms with E-state index >= 15 is 0 Å². The first kappa shape index (κ1) is 20.6. The Hall–Kier alpha value is -2.08. The van der Waals surface area contributed by atoms with Gasteiger partial charge in [-0.2, -0.15) is 0 Å². The van der Waals surface area contributed by atoms with E-state index in [1.807, 2.05) is 29.2 Å². The molecule has 3 amide bonds. The molecule has 0 saturated carbocycles. The number of carbonyl (C=O) groups is 3. The van der Waals surface area contributed by atoms with E-state index in [0.29, 0.717) is 36.9 Å². The van der Waals surface area contributed by atoms with Gasteiger partial charge in [-0.1, -0.05) is 23.7 Å². The summed E-state index contributed by atoms with van der Waals surface area (Å²) in [6.07, 6.45) is 4.60. The summed E-state index contributed by atoms with van der Waals surface area (Å²) in [5.41, 5.74) is 0.990. The van der Waals surface area contributed by atoms with E-state index < -0.39 is 0 Å². The molecule has 1 aromatic carbocycles. The molecule has 0 atom stereocenters. The highest BCUT2D eigenvalue weighted by molar-refractivity contribution is 6.30. The van der Waals surface area contributed by atoms with Gasteiger partial charge in [0.1, 0.15) is 0 Å². The number of rotatable bonds is 7. The molecule has 0 bridgehead atoms. The number of carbonyl (C=O) groups excluding carboxylic acids is 3. The minimum absolute atomic E-state index is 0.0472. The topological polar surface area (TPSA) is 69.7 Å². The SMILES string of the molecule is O=C(CCC1CCN(C(=O)CN2CCCC2=O)CC1)NCc1cccc(Cl)c1. The normalized spacial score (nSPS) is 17.8. The molecule has 7 heteroatoms. The average Bonchev–Trinajstić information content (AvgIpc) is 3.09. The molecule has 1 N–H and O–H groups in total. The van der Waals surface area contributed by atoms with Gasteiger partial charge in [-0.3, -0.25) is 14.4 Å². The van der Waals surface area contributed by atoms with Gasteiger partial charge < -0.3 is 15.1 Å². The summed E-state index contributed by atoms with van der Waals surface area (Å²) in [7, 11) is 0. The van der Waals surface area contributed by atoms with Crippen molar-refractivity contribution in [3.05, 3.63) is 34.9 Å². The predicted octanol–water partition coefficient (Wildman–Crippen LogP) is 2.60. The Morgan fingerprint density at radius 2 is 1.96 bits per heavy atom. The number of hydrogen-bond acceptors (Lipinski definition) is 3. The zero-order chi connectivity index (χ0) is 19.9. The molecule has 1 aromatic rings. The summed E-state index contributed by atoms with van der Waals surface area (Å²) in [6.45, 7) is 2.84. The zero-order valence-corrected chi connectivity index (χ0v) is 16.9. The highest BCUT2D eigenvalue weighted by Gasteiger charge is 2.27. The van der Waals surface area contributed by atoms with Gasteiger partial charge in [0.15, 0.2) is 0 Å². The van der Waals surface area contributed by atoms with Gasteiger partial charge in [0.2, 0.25) is 17.7 Å². The fraction of sp³-hybridized carbons (Fsp3) is 0.571. The van der Waals surface area contributed by atoms with Gasteiger partial charge in [-0.15, -0.1) is 0 Å². The maximum atomic E-state index is 12.4. The second kappa shape index (κ2) is 9.92. The van der Waals surface area contributed by atoms with Crippen molar-refractivity contribution in [3.63, 3.8) is 0 Å². The second-order valence-electron chi connectivity index (χ2n) is 7.69. The maximum Gasteiger partial charge on any atom is 0.242 e. The lowest BCUT2D eigenvalue weighted by atomic mass is 9.92. The number of nitrogens with zero attached hydrogens (tertiary/aromatic N) is 2. The Bertz CT molecular complexity index is 717. The van der Waals surface area contributed by atoms with E-state index in [4.69, 9.17) is 11.6 Å². The average molecular weight is 406 g/mol. The van der Waals surface area contributed by atoms with E-state index in [2.05, 4.69) is 5.32 Å². The molecule has 0 aliphatic carbocycles. The van der Waals surface area contributed by atoms with E-state index in [1.165, 1.54) is 0 Å². The molecule has 28 heavy (non-hydrogen) atoms. The third-order valence-electron chi connectivity index (χ3n) is 5.62. The van der Waals surface area contributed by atoms with Crippen LogP contribution in [-0.2, 0) is 20.9 Å². The van der Waals surface area contributed by atoms with Crippen LogP contribution in [0.1, 0.15) is 44.1 Å². The minimum Gasteiger partial charge on any atom is -0.352 e. The van der Waals surface area contributed by atoms with Gasteiger partial charge in [0.25, 0.3) is 0 Å². The maximum absolute atomic E-state index is 12.4. The molecular weight excluding hydrogens is 378 g/mol. The number of nitrogens with one attached hydrogen (secondary N) is 1. The standard InChI is InChI=1S/C21H28ClN3O3/c22-18-4-1-3-17(13-18)14-23-19(26)7-6-16-8-11-24(12-9-16)21(28)15-25-10-2-5-20(25)27/h1,3-4,13,16H,2,5-12,14-15H2,(H,23,26). The van der Waals surface area contributed by atoms with Crippen molar-refractivity contribution < 1.29 is 14.4 Å². The quantitative estimate of drug-likeness (QED) is 0.758. The van der Waals surface area contributed by atoms with Crippen molar-refractivity contribution >= 4 is 29.3 Å². The van der Waals surface area contributed by atoms with Crippen molar-refractivity contribution in [2.75, 3.05) is 26.2 Å². The van der Waals surface area contributed by atoms with E-state index in [1.54, 1.807) is 4.90 Å². The predicted molar refractivity (Wildman–Crippen MR) is 108 cm³/mol. The lowest BCUT2D eigenvalue weighted by Gasteiger charge is -2.33. The van der Waals surface area contributed by atoms with Crippen LogP contribution in [0.4, 0.5) is 0 Å². The molecule has 6 nitrogen and oxygen atoms in total. The highest BCUT2D eigenvalue weighted by atomic mass is 35.5. The fourth-order valence-corrected chi connectivity index (χ4v) is 4.09. The Morgan fingerprint density at radius 1 is 1.18 bits per heavy atom.